The van der Waals surface area contributed by atoms with Gasteiger partial charge in [0.25, 0.3) is 5.91 Å². The molecular weight excluding hydrogens is 410 g/mol. The highest BCUT2D eigenvalue weighted by atomic mass is 79.9. The summed E-state index contributed by atoms with van der Waals surface area (Å²) in [5.41, 5.74) is -0.173. The number of nitrogens with one attached hydrogen (secondary N) is 2. The van der Waals surface area contributed by atoms with Crippen LogP contribution in [0.5, 0.6) is 0 Å². The molecule has 1 aromatic carbocycles. The summed E-state index contributed by atoms with van der Waals surface area (Å²) in [5, 5.41) is 5.02. The minimum Gasteiger partial charge on any atom is -0.506 e. The highest BCUT2D eigenvalue weighted by Gasteiger charge is 2.40. The molecule has 2 rings (SSSR count). The van der Waals surface area contributed by atoms with Crippen LogP contribution in [0, 0.1) is 18.3 Å². The Morgan fingerprint density at radius 3 is 2.69 bits per heavy atom. The lowest BCUT2D eigenvalue weighted by molar-refractivity contribution is -0.130. The van der Waals surface area contributed by atoms with Crippen molar-refractivity contribution < 1.29 is 28.1 Å². The molecule has 1 fully saturated rings. The average Bonchev–Trinajstić information content (AvgIpc) is 3.00. The SMILES string of the molecule is CC(C)C[C@H](NC(=O)CNC(=O)c1cc(Br)ccc1F)B1O[CH]C(=O)O1. The largest absolute Gasteiger partial charge is 0.552 e. The first-order valence-electron chi connectivity index (χ1n) is 7.98. The third-order valence-electron chi connectivity index (χ3n) is 3.51. The standard InChI is InChI=1S/C16H18BBrFN2O5/c1-9(2)5-13(17-25-8-15(23)26-17)21-14(22)7-20-16(24)11-6-10(18)3-4-12(11)19/h3-4,6,8-9,13H,5,7H2,1-2H3,(H,20,24)(H,21,22)/t13-/m0/s1. The van der Waals surface area contributed by atoms with Crippen LogP contribution < -0.4 is 10.6 Å². The third-order valence-corrected chi connectivity index (χ3v) is 4.01. The van der Waals surface area contributed by atoms with Gasteiger partial charge in [0, 0.05) is 4.47 Å². The second-order valence-corrected chi connectivity index (χ2v) is 7.09. The van der Waals surface area contributed by atoms with Crippen molar-refractivity contribution in [1.29, 1.82) is 0 Å². The van der Waals surface area contributed by atoms with E-state index in [1.54, 1.807) is 0 Å². The molecule has 26 heavy (non-hydrogen) atoms. The molecule has 2 N–H and O–H groups in total. The minimum atomic E-state index is -0.910. The van der Waals surface area contributed by atoms with E-state index >= 15 is 0 Å². The van der Waals surface area contributed by atoms with E-state index in [4.69, 9.17) is 9.31 Å². The molecule has 10 heteroatoms. The highest BCUT2D eigenvalue weighted by molar-refractivity contribution is 9.10. The van der Waals surface area contributed by atoms with Crippen LogP contribution in [0.3, 0.4) is 0 Å². The molecule has 1 aliphatic rings. The number of hydrogen-bond acceptors (Lipinski definition) is 5. The Balaban J connectivity index is 1.92. The van der Waals surface area contributed by atoms with Crippen LogP contribution >= 0.6 is 15.9 Å². The Bertz CT molecular complexity index is 703. The first-order chi connectivity index (χ1) is 12.3. The number of halogens is 2. The summed E-state index contributed by atoms with van der Waals surface area (Å²) < 4.78 is 24.3. The Morgan fingerprint density at radius 2 is 2.08 bits per heavy atom. The number of carbonyl (C=O) groups is 3. The lowest BCUT2D eigenvalue weighted by Gasteiger charge is -2.21. The summed E-state index contributed by atoms with van der Waals surface area (Å²) in [6.45, 7) is 4.47. The highest BCUT2D eigenvalue weighted by Crippen LogP contribution is 2.16. The van der Waals surface area contributed by atoms with Crippen LogP contribution in [0.4, 0.5) is 4.39 Å². The van der Waals surface area contributed by atoms with E-state index in [9.17, 15) is 18.8 Å². The summed E-state index contributed by atoms with van der Waals surface area (Å²) >= 11 is 3.16. The van der Waals surface area contributed by atoms with Crippen molar-refractivity contribution in [3.8, 4) is 0 Å². The van der Waals surface area contributed by atoms with Crippen molar-refractivity contribution in [3.05, 3.63) is 40.7 Å². The van der Waals surface area contributed by atoms with Gasteiger partial charge in [-0.1, -0.05) is 29.8 Å². The summed E-state index contributed by atoms with van der Waals surface area (Å²) in [7, 11) is -0.910. The lowest BCUT2D eigenvalue weighted by Crippen LogP contribution is -2.50. The summed E-state index contributed by atoms with van der Waals surface area (Å²) in [6, 6.07) is 3.95. The second kappa shape index (κ2) is 9.13. The fourth-order valence-corrected chi connectivity index (χ4v) is 2.76. The molecular formula is C16H18BBrFN2O5. The van der Waals surface area contributed by atoms with Gasteiger partial charge >= 0.3 is 13.1 Å². The molecule has 0 aromatic heterocycles. The molecule has 7 nitrogen and oxygen atoms in total. The predicted octanol–water partition coefficient (Wildman–Crippen LogP) is 1.61. The van der Waals surface area contributed by atoms with Crippen LogP contribution in [0.2, 0.25) is 0 Å². The molecule has 1 heterocycles. The smallest absolute Gasteiger partial charge is 0.506 e. The zero-order valence-electron chi connectivity index (χ0n) is 14.3. The molecule has 2 amide bonds. The maximum absolute atomic E-state index is 13.7. The van der Waals surface area contributed by atoms with Gasteiger partial charge in [-0.3, -0.25) is 14.4 Å². The van der Waals surface area contributed by atoms with Crippen molar-refractivity contribution in [2.75, 3.05) is 6.54 Å². The first kappa shape index (κ1) is 20.4. The van der Waals surface area contributed by atoms with Gasteiger partial charge in [-0.25, -0.2) is 4.39 Å². The molecule has 0 saturated carbocycles. The van der Waals surface area contributed by atoms with Crippen LogP contribution in [0.25, 0.3) is 0 Å². The summed E-state index contributed by atoms with van der Waals surface area (Å²) in [5.74, 6) is -2.89. The molecule has 1 radical (unpaired) electrons. The molecule has 0 aliphatic carbocycles. The molecule has 1 aromatic rings. The topological polar surface area (TPSA) is 93.7 Å². The maximum atomic E-state index is 13.7. The predicted molar refractivity (Wildman–Crippen MR) is 95.0 cm³/mol. The normalized spacial score (nSPS) is 15.0. The quantitative estimate of drug-likeness (QED) is 0.645. The molecule has 0 unspecified atom stereocenters. The Kier molecular flexibility index (Phi) is 7.16. The van der Waals surface area contributed by atoms with E-state index in [2.05, 4.69) is 26.6 Å². The van der Waals surface area contributed by atoms with Gasteiger partial charge in [0.2, 0.25) is 5.91 Å². The van der Waals surface area contributed by atoms with Gasteiger partial charge in [0.15, 0.2) is 6.61 Å². The first-order valence-corrected chi connectivity index (χ1v) is 8.77. The van der Waals surface area contributed by atoms with Crippen LogP contribution in [-0.2, 0) is 18.9 Å². The van der Waals surface area contributed by atoms with E-state index in [-0.39, 0.29) is 18.0 Å². The molecule has 1 saturated heterocycles. The van der Waals surface area contributed by atoms with E-state index in [0.29, 0.717) is 10.9 Å². The van der Waals surface area contributed by atoms with Gasteiger partial charge in [-0.05, 0) is 30.5 Å². The zero-order chi connectivity index (χ0) is 19.3. The Morgan fingerprint density at radius 1 is 1.35 bits per heavy atom. The number of hydrogen-bond donors (Lipinski definition) is 2. The maximum Gasteiger partial charge on any atom is 0.552 e. The van der Waals surface area contributed by atoms with Crippen molar-refractivity contribution in [2.24, 2.45) is 5.92 Å². The van der Waals surface area contributed by atoms with E-state index in [1.807, 2.05) is 13.8 Å². The van der Waals surface area contributed by atoms with Crippen LogP contribution in [0.1, 0.15) is 30.6 Å². The van der Waals surface area contributed by atoms with Crippen molar-refractivity contribution in [2.45, 2.75) is 26.2 Å². The van der Waals surface area contributed by atoms with Crippen LogP contribution in [-0.4, -0.2) is 37.4 Å². The zero-order valence-corrected chi connectivity index (χ0v) is 15.8. The van der Waals surface area contributed by atoms with Crippen molar-refractivity contribution in [3.63, 3.8) is 0 Å². The van der Waals surface area contributed by atoms with Crippen molar-refractivity contribution >= 4 is 40.8 Å². The monoisotopic (exact) mass is 427 g/mol. The number of amides is 2. The van der Waals surface area contributed by atoms with Gasteiger partial charge in [0.05, 0.1) is 18.0 Å². The summed E-state index contributed by atoms with van der Waals surface area (Å²) in [6.07, 6.45) is 0.506. The van der Waals surface area contributed by atoms with Crippen LogP contribution in [0.15, 0.2) is 22.7 Å². The molecule has 139 valence electrons. The van der Waals surface area contributed by atoms with Gasteiger partial charge in [-0.15, -0.1) is 0 Å². The van der Waals surface area contributed by atoms with Gasteiger partial charge in [0.1, 0.15) is 5.82 Å². The Hall–Kier alpha value is -1.94. The Labute approximate surface area is 159 Å². The third kappa shape index (κ3) is 5.81. The fourth-order valence-electron chi connectivity index (χ4n) is 2.40. The van der Waals surface area contributed by atoms with E-state index in [0.717, 1.165) is 12.7 Å². The molecule has 0 spiro atoms. The number of benzene rings is 1. The van der Waals surface area contributed by atoms with Gasteiger partial charge < -0.3 is 19.9 Å². The molecule has 1 aliphatic heterocycles. The average molecular weight is 428 g/mol. The number of carbonyl (C=O) groups excluding carboxylic acids is 3. The van der Waals surface area contributed by atoms with E-state index in [1.165, 1.54) is 12.1 Å². The minimum absolute atomic E-state index is 0.173. The number of rotatable bonds is 7. The van der Waals surface area contributed by atoms with E-state index < -0.39 is 36.7 Å². The molecule has 1 atom stereocenters. The fraction of sp³-hybridized carbons (Fsp3) is 0.375. The summed E-state index contributed by atoms with van der Waals surface area (Å²) in [4.78, 5) is 35.3. The van der Waals surface area contributed by atoms with Crippen molar-refractivity contribution in [1.82, 2.24) is 10.6 Å². The lowest BCUT2D eigenvalue weighted by atomic mass is 9.74. The molecule has 0 bridgehead atoms. The van der Waals surface area contributed by atoms with Gasteiger partial charge in [-0.2, -0.15) is 0 Å². The second-order valence-electron chi connectivity index (χ2n) is 6.17.